The Morgan fingerprint density at radius 1 is 1.00 bits per heavy atom. The molecule has 8 nitrogen and oxygen atoms in total. The van der Waals surface area contributed by atoms with Crippen molar-refractivity contribution in [3.8, 4) is 45.5 Å². The fraction of sp³-hybridized carbons (Fsp3) is 0.324. The van der Waals surface area contributed by atoms with E-state index >= 15 is 0 Å². The lowest BCUT2D eigenvalue weighted by Crippen LogP contribution is -2.35. The fourth-order valence-electron chi connectivity index (χ4n) is 5.22. The summed E-state index contributed by atoms with van der Waals surface area (Å²) in [6.45, 7) is 16.1. The average molecular weight is 588 g/mol. The van der Waals surface area contributed by atoms with Gasteiger partial charge in [0.2, 0.25) is 11.7 Å². The molecule has 43 heavy (non-hydrogen) atoms. The Morgan fingerprint density at radius 2 is 1.81 bits per heavy atom. The average Bonchev–Trinajstić information content (AvgIpc) is 3.23. The Balaban J connectivity index is 1.50. The number of fused-ring (bicyclic) bond motifs is 2. The lowest BCUT2D eigenvalue weighted by atomic mass is 9.92. The highest BCUT2D eigenvalue weighted by atomic mass is 28.3. The number of ether oxygens (including phenoxy) is 1. The highest BCUT2D eigenvalue weighted by molar-refractivity contribution is 6.87. The lowest BCUT2D eigenvalue weighted by Gasteiger charge is -2.31. The number of aromatic nitrogens is 6. The van der Waals surface area contributed by atoms with E-state index in [4.69, 9.17) is 19.7 Å². The number of nitrogens with zero attached hydrogens (tertiary/aromatic N) is 6. The SMILES string of the molecule is Cc1cccc(Oc2ccc3c(c2)CCNc2ncnc4c2c-3c(-c2cnc(C#C[Si](C)(C)C(C)(C)C)nc2C)n4C)n1. The minimum Gasteiger partial charge on any atom is -0.439 e. The first-order chi connectivity index (χ1) is 20.4. The van der Waals surface area contributed by atoms with E-state index in [1.165, 1.54) is 0 Å². The first kappa shape index (κ1) is 28.6. The third-order valence-electron chi connectivity index (χ3n) is 8.68. The van der Waals surface area contributed by atoms with Crippen LogP contribution in [0.1, 0.15) is 43.5 Å². The van der Waals surface area contributed by atoms with Gasteiger partial charge in [-0.2, -0.15) is 0 Å². The maximum atomic E-state index is 6.17. The van der Waals surface area contributed by atoms with E-state index in [0.29, 0.717) is 11.7 Å². The molecule has 0 unspecified atom stereocenters. The van der Waals surface area contributed by atoms with Crippen LogP contribution in [0.4, 0.5) is 5.82 Å². The van der Waals surface area contributed by atoms with E-state index in [-0.39, 0.29) is 5.04 Å². The van der Waals surface area contributed by atoms with Crippen molar-refractivity contribution in [2.45, 2.75) is 59.2 Å². The number of hydrogen-bond donors (Lipinski definition) is 1. The molecule has 6 rings (SSSR count). The van der Waals surface area contributed by atoms with Crippen LogP contribution in [0, 0.1) is 25.3 Å². The summed E-state index contributed by atoms with van der Waals surface area (Å²) in [5, 5.41) is 4.69. The van der Waals surface area contributed by atoms with E-state index < -0.39 is 8.07 Å². The highest BCUT2D eigenvalue weighted by Crippen LogP contribution is 2.45. The number of aryl methyl sites for hydroxylation is 3. The Morgan fingerprint density at radius 3 is 2.56 bits per heavy atom. The van der Waals surface area contributed by atoms with E-state index in [9.17, 15) is 0 Å². The second-order valence-electron chi connectivity index (χ2n) is 12.7. The van der Waals surface area contributed by atoms with Crippen molar-refractivity contribution >= 4 is 24.9 Å². The molecule has 0 fully saturated rings. The molecule has 0 spiro atoms. The van der Waals surface area contributed by atoms with Crippen molar-refractivity contribution in [3.63, 3.8) is 0 Å². The number of benzene rings is 1. The molecule has 1 aliphatic rings. The van der Waals surface area contributed by atoms with Crippen LogP contribution in [0.3, 0.4) is 0 Å². The van der Waals surface area contributed by atoms with Gasteiger partial charge in [-0.25, -0.2) is 24.9 Å². The Hall–Kier alpha value is -4.55. The minimum absolute atomic E-state index is 0.166. The van der Waals surface area contributed by atoms with E-state index in [1.54, 1.807) is 6.33 Å². The molecule has 0 radical (unpaired) electrons. The molecule has 9 heteroatoms. The molecule has 0 bridgehead atoms. The molecule has 0 atom stereocenters. The van der Waals surface area contributed by atoms with Crippen molar-refractivity contribution in [2.75, 3.05) is 11.9 Å². The molecule has 1 aromatic carbocycles. The zero-order valence-corrected chi connectivity index (χ0v) is 27.1. The summed E-state index contributed by atoms with van der Waals surface area (Å²) in [5.74, 6) is 6.01. The van der Waals surface area contributed by atoms with Gasteiger partial charge >= 0.3 is 0 Å². The molecule has 5 heterocycles. The van der Waals surface area contributed by atoms with Gasteiger partial charge in [0.25, 0.3) is 0 Å². The van der Waals surface area contributed by atoms with Gasteiger partial charge in [-0.05, 0) is 60.6 Å². The summed E-state index contributed by atoms with van der Waals surface area (Å²) in [6, 6.07) is 12.0. The molecular formula is C34H37N7OSi. The molecule has 0 saturated carbocycles. The summed E-state index contributed by atoms with van der Waals surface area (Å²) in [7, 11) is 0.251. The van der Waals surface area contributed by atoms with Crippen LogP contribution < -0.4 is 10.1 Å². The lowest BCUT2D eigenvalue weighted by molar-refractivity contribution is 0.461. The van der Waals surface area contributed by atoms with Crippen molar-refractivity contribution in [1.29, 1.82) is 0 Å². The van der Waals surface area contributed by atoms with Gasteiger partial charge in [-0.15, -0.1) is 5.54 Å². The van der Waals surface area contributed by atoms with Crippen LogP contribution in [0.25, 0.3) is 33.4 Å². The maximum Gasteiger partial charge on any atom is 0.219 e. The molecule has 0 saturated heterocycles. The molecule has 0 amide bonds. The molecule has 1 aliphatic heterocycles. The normalized spacial score (nSPS) is 12.9. The first-order valence-electron chi connectivity index (χ1n) is 14.6. The van der Waals surface area contributed by atoms with Crippen molar-refractivity contribution in [3.05, 3.63) is 71.7 Å². The summed E-state index contributed by atoms with van der Waals surface area (Å²) in [4.78, 5) is 23.5. The van der Waals surface area contributed by atoms with Crippen LogP contribution in [0.5, 0.6) is 11.6 Å². The summed E-state index contributed by atoms with van der Waals surface area (Å²) < 4.78 is 8.29. The van der Waals surface area contributed by atoms with Crippen molar-refractivity contribution < 1.29 is 4.74 Å². The predicted octanol–water partition coefficient (Wildman–Crippen LogP) is 7.26. The highest BCUT2D eigenvalue weighted by Gasteiger charge is 2.34. The van der Waals surface area contributed by atoms with Gasteiger partial charge in [-0.1, -0.05) is 46.0 Å². The monoisotopic (exact) mass is 587 g/mol. The van der Waals surface area contributed by atoms with E-state index in [1.807, 2.05) is 51.4 Å². The van der Waals surface area contributed by atoms with Gasteiger partial charge < -0.3 is 14.6 Å². The van der Waals surface area contributed by atoms with E-state index in [2.05, 4.69) is 77.3 Å². The maximum absolute atomic E-state index is 6.17. The second-order valence-corrected chi connectivity index (χ2v) is 17.7. The molecule has 5 aromatic rings. The molecule has 0 aliphatic carbocycles. The zero-order chi connectivity index (χ0) is 30.5. The van der Waals surface area contributed by atoms with Gasteiger partial charge in [0.1, 0.15) is 31.6 Å². The quantitative estimate of drug-likeness (QED) is 0.175. The van der Waals surface area contributed by atoms with Crippen molar-refractivity contribution in [1.82, 2.24) is 29.5 Å². The van der Waals surface area contributed by atoms with Gasteiger partial charge in [0, 0.05) is 42.7 Å². The molecule has 1 N–H and O–H groups in total. The second kappa shape index (κ2) is 10.6. The number of nitrogens with one attached hydrogen (secondary N) is 1. The Labute approximate surface area is 254 Å². The Bertz CT molecular complexity index is 1940. The first-order valence-corrected chi connectivity index (χ1v) is 17.6. The van der Waals surface area contributed by atoms with Gasteiger partial charge in [0.15, 0.2) is 0 Å². The third kappa shape index (κ3) is 5.27. The topological polar surface area (TPSA) is 90.6 Å². The van der Waals surface area contributed by atoms with Crippen LogP contribution in [0.2, 0.25) is 18.1 Å². The smallest absolute Gasteiger partial charge is 0.219 e. The third-order valence-corrected chi connectivity index (χ3v) is 13.2. The van der Waals surface area contributed by atoms with Gasteiger partial charge in [0.05, 0.1) is 16.8 Å². The van der Waals surface area contributed by atoms with E-state index in [0.717, 1.165) is 74.9 Å². The standard InChI is InChI=1S/C34H37N7OSi/c1-21-10-9-11-28(39-21)42-24-12-13-25-23(18-24)14-16-35-32-30-29(25)31(41(6)33(30)38-20-37-32)26-19-36-27(40-22(26)2)15-17-43(7,8)34(3,4)5/h9-13,18-20H,14,16H2,1-8H3,(H,35,37,38). The number of hydrogen-bond acceptors (Lipinski definition) is 7. The minimum atomic E-state index is -1.79. The van der Waals surface area contributed by atoms with Crippen LogP contribution in [0.15, 0.2) is 48.9 Å². The molecule has 218 valence electrons. The molecule has 4 aromatic heterocycles. The zero-order valence-electron chi connectivity index (χ0n) is 26.1. The Kier molecular flexibility index (Phi) is 7.05. The van der Waals surface area contributed by atoms with Crippen LogP contribution in [-0.2, 0) is 13.5 Å². The number of rotatable bonds is 3. The van der Waals surface area contributed by atoms with Crippen molar-refractivity contribution in [2.24, 2.45) is 7.05 Å². The molecular weight excluding hydrogens is 551 g/mol. The number of anilines is 1. The summed E-state index contributed by atoms with van der Waals surface area (Å²) in [5.41, 5.74) is 11.4. The largest absolute Gasteiger partial charge is 0.439 e. The van der Waals surface area contributed by atoms with Crippen LogP contribution in [-0.4, -0.2) is 44.1 Å². The summed E-state index contributed by atoms with van der Waals surface area (Å²) >= 11 is 0. The predicted molar refractivity (Wildman–Crippen MR) is 175 cm³/mol. The summed E-state index contributed by atoms with van der Waals surface area (Å²) in [6.07, 6.45) is 4.32. The number of pyridine rings is 1. The van der Waals surface area contributed by atoms with Crippen LogP contribution >= 0.6 is 0 Å². The fourth-order valence-corrected chi connectivity index (χ4v) is 6.02. The van der Waals surface area contributed by atoms with Gasteiger partial charge in [-0.3, -0.25) is 0 Å².